The molecule has 0 saturated carbocycles. The number of nitrogens with one attached hydrogen (secondary N) is 1. The maximum absolute atomic E-state index is 9.86. The molecule has 0 aliphatic carbocycles. The minimum Gasteiger partial charge on any atom is -0.852 e. The average Bonchev–Trinajstić information content (AvgIpc) is 1.61. The zero-order valence-electron chi connectivity index (χ0n) is 4.81. The Morgan fingerprint density at radius 1 is 1.88 bits per heavy atom. The number of thiocarbonyl (C=S) groups is 1. The van der Waals surface area contributed by atoms with Gasteiger partial charge >= 0.3 is 29.6 Å². The predicted molar refractivity (Wildman–Crippen MR) is 30.8 cm³/mol. The molecule has 0 saturated heterocycles. The smallest absolute Gasteiger partial charge is 0.852 e. The summed E-state index contributed by atoms with van der Waals surface area (Å²) < 4.78 is 0. The minimum absolute atomic E-state index is 0. The topological polar surface area (TPSA) is 35.1 Å². The van der Waals surface area contributed by atoms with Crippen molar-refractivity contribution in [1.29, 1.82) is 0 Å². The van der Waals surface area contributed by atoms with Crippen molar-refractivity contribution in [2.45, 2.75) is 0 Å². The van der Waals surface area contributed by atoms with Crippen LogP contribution in [0.5, 0.6) is 0 Å². The van der Waals surface area contributed by atoms with Gasteiger partial charge in [0.1, 0.15) is 0 Å². The molecule has 0 heterocycles. The zero-order valence-corrected chi connectivity index (χ0v) is 7.62. The van der Waals surface area contributed by atoms with Crippen LogP contribution in [0, 0.1) is 0 Å². The largest absolute Gasteiger partial charge is 1.00 e. The van der Waals surface area contributed by atoms with E-state index in [0.29, 0.717) is 6.54 Å². The van der Waals surface area contributed by atoms with Crippen molar-refractivity contribution in [2.75, 3.05) is 6.54 Å². The maximum atomic E-state index is 9.86. The molecule has 2 nitrogen and oxygen atoms in total. The van der Waals surface area contributed by atoms with Crippen molar-refractivity contribution in [3.05, 3.63) is 12.7 Å². The van der Waals surface area contributed by atoms with Crippen LogP contribution in [0.25, 0.3) is 0 Å². The fourth-order valence-corrected chi connectivity index (χ4v) is 0.239. The van der Waals surface area contributed by atoms with E-state index in [9.17, 15) is 5.11 Å². The predicted octanol–water partition coefficient (Wildman–Crippen LogP) is -3.59. The molecule has 0 aliphatic heterocycles. The number of hydrogen-bond acceptors (Lipinski definition) is 2. The number of hydrogen-bond donors (Lipinski definition) is 1. The average molecular weight is 139 g/mol. The molecular formula is C4H6NNaOS. The second kappa shape index (κ2) is 7.43. The van der Waals surface area contributed by atoms with Crippen LogP contribution in [0.4, 0.5) is 0 Å². The molecule has 0 fully saturated rings. The van der Waals surface area contributed by atoms with Crippen molar-refractivity contribution in [3.8, 4) is 0 Å². The van der Waals surface area contributed by atoms with Crippen molar-refractivity contribution in [3.63, 3.8) is 0 Å². The summed E-state index contributed by atoms with van der Waals surface area (Å²) in [7, 11) is 0. The van der Waals surface area contributed by atoms with Crippen LogP contribution < -0.4 is 40.0 Å². The van der Waals surface area contributed by atoms with E-state index >= 15 is 0 Å². The first-order chi connectivity index (χ1) is 3.27. The monoisotopic (exact) mass is 139 g/mol. The third-order valence-corrected chi connectivity index (χ3v) is 0.535. The molecule has 0 aromatic carbocycles. The van der Waals surface area contributed by atoms with Crippen LogP contribution in [0.15, 0.2) is 12.7 Å². The Kier molecular flexibility index (Phi) is 10.5. The second-order valence-corrected chi connectivity index (χ2v) is 1.33. The first-order valence-electron chi connectivity index (χ1n) is 1.83. The molecule has 0 aliphatic rings. The quantitative estimate of drug-likeness (QED) is 0.244. The summed E-state index contributed by atoms with van der Waals surface area (Å²) in [5.41, 5.74) is 0. The molecule has 40 valence electrons. The van der Waals surface area contributed by atoms with Crippen LogP contribution in [-0.2, 0) is 0 Å². The Morgan fingerprint density at radius 2 is 2.38 bits per heavy atom. The van der Waals surface area contributed by atoms with Gasteiger partial charge in [-0.2, -0.15) is 0 Å². The van der Waals surface area contributed by atoms with E-state index in [1.54, 1.807) is 6.08 Å². The van der Waals surface area contributed by atoms with E-state index in [1.165, 1.54) is 0 Å². The molecule has 0 spiro atoms. The second-order valence-electron chi connectivity index (χ2n) is 0.957. The molecule has 1 N–H and O–H groups in total. The van der Waals surface area contributed by atoms with E-state index in [4.69, 9.17) is 0 Å². The Hall–Kier alpha value is 0.430. The van der Waals surface area contributed by atoms with Gasteiger partial charge in [-0.25, -0.2) is 0 Å². The molecule has 0 amide bonds. The van der Waals surface area contributed by atoms with Crippen molar-refractivity contribution < 1.29 is 34.7 Å². The van der Waals surface area contributed by atoms with Gasteiger partial charge in [0.2, 0.25) is 0 Å². The molecule has 0 unspecified atom stereocenters. The summed E-state index contributed by atoms with van der Waals surface area (Å²) in [6, 6.07) is 0. The normalized spacial score (nSPS) is 6.50. The number of rotatable bonds is 2. The zero-order chi connectivity index (χ0) is 5.70. The van der Waals surface area contributed by atoms with E-state index in [1.807, 2.05) is 0 Å². The van der Waals surface area contributed by atoms with Gasteiger partial charge < -0.3 is 10.4 Å². The van der Waals surface area contributed by atoms with E-state index in [0.717, 1.165) is 0 Å². The van der Waals surface area contributed by atoms with Crippen molar-refractivity contribution >= 4 is 17.4 Å². The minimum atomic E-state index is -0.431. The molecule has 0 aromatic heterocycles. The van der Waals surface area contributed by atoms with E-state index in [-0.39, 0.29) is 29.6 Å². The molecule has 0 radical (unpaired) electrons. The Balaban J connectivity index is 0. The molecule has 4 heteroatoms. The van der Waals surface area contributed by atoms with Gasteiger partial charge in [0.05, 0.1) is 0 Å². The van der Waals surface area contributed by atoms with E-state index < -0.39 is 5.17 Å². The summed E-state index contributed by atoms with van der Waals surface area (Å²) in [6.07, 6.45) is 1.57. The molecule has 0 rings (SSSR count). The van der Waals surface area contributed by atoms with Gasteiger partial charge in [-0.05, 0) is 0 Å². The SMILES string of the molecule is C=CCNC([O-])=S.[Na+]. The molecule has 0 bridgehead atoms. The summed E-state index contributed by atoms with van der Waals surface area (Å²) in [4.78, 5) is 0. The van der Waals surface area contributed by atoms with Gasteiger partial charge in [-0.1, -0.05) is 18.3 Å². The van der Waals surface area contributed by atoms with Gasteiger partial charge in [0.25, 0.3) is 0 Å². The van der Waals surface area contributed by atoms with E-state index in [2.05, 4.69) is 24.1 Å². The van der Waals surface area contributed by atoms with Crippen LogP contribution in [0.2, 0.25) is 0 Å². The van der Waals surface area contributed by atoms with Gasteiger partial charge in [-0.3, -0.25) is 0 Å². The summed E-state index contributed by atoms with van der Waals surface area (Å²) in [6.45, 7) is 3.83. The maximum Gasteiger partial charge on any atom is 1.00 e. The first-order valence-corrected chi connectivity index (χ1v) is 2.24. The van der Waals surface area contributed by atoms with Gasteiger partial charge in [0, 0.05) is 11.7 Å². The third-order valence-electron chi connectivity index (χ3n) is 0.391. The van der Waals surface area contributed by atoms with Gasteiger partial charge in [-0.15, -0.1) is 6.58 Å². The van der Waals surface area contributed by atoms with Crippen molar-refractivity contribution in [2.24, 2.45) is 0 Å². The molecular weight excluding hydrogens is 133 g/mol. The fourth-order valence-electron chi connectivity index (χ4n) is 0.156. The molecule has 8 heavy (non-hydrogen) atoms. The van der Waals surface area contributed by atoms with Crippen molar-refractivity contribution in [1.82, 2.24) is 5.32 Å². The van der Waals surface area contributed by atoms with Gasteiger partial charge in [0.15, 0.2) is 0 Å². The van der Waals surface area contributed by atoms with Crippen LogP contribution in [-0.4, -0.2) is 11.7 Å². The Bertz CT molecular complexity index is 86.1. The summed E-state index contributed by atoms with van der Waals surface area (Å²) in [5, 5.41) is 11.8. The van der Waals surface area contributed by atoms with Crippen LogP contribution in [0.3, 0.4) is 0 Å². The first kappa shape index (κ1) is 11.3. The molecule has 0 atom stereocenters. The summed E-state index contributed by atoms with van der Waals surface area (Å²) in [5.74, 6) is 0. The summed E-state index contributed by atoms with van der Waals surface area (Å²) >= 11 is 4.15. The molecule has 0 aromatic rings. The third kappa shape index (κ3) is 9.66. The van der Waals surface area contributed by atoms with Crippen LogP contribution in [0.1, 0.15) is 0 Å². The fraction of sp³-hybridized carbons (Fsp3) is 0.250. The van der Waals surface area contributed by atoms with Crippen LogP contribution >= 0.6 is 12.2 Å². The Labute approximate surface area is 76.3 Å². The standard InChI is InChI=1S/C4H7NOS.Na/c1-2-3-5-4(6)7;/h2H,1,3H2,(H2,5,6,7);/q;+1/p-1. The Morgan fingerprint density at radius 3 is 2.50 bits per heavy atom.